The van der Waals surface area contributed by atoms with Crippen molar-refractivity contribution in [3.8, 4) is 11.1 Å². The standard InChI is InChI=1S/C29H36N4O/c1-24-12-5-6-13-25(24)26-14-7-8-15-27(26)33-22-20-32(21-23-33)19-11-3-4-17-29(34)31(2)28-16-9-10-18-30-28/h5-10,12-16,18H,3-4,11,17,19-23H2,1-2H3. The van der Waals surface area contributed by atoms with Crippen molar-refractivity contribution in [1.82, 2.24) is 9.88 Å². The Kier molecular flexibility index (Phi) is 8.31. The maximum atomic E-state index is 12.4. The first-order valence-corrected chi connectivity index (χ1v) is 12.4. The summed E-state index contributed by atoms with van der Waals surface area (Å²) in [6.45, 7) is 7.57. The maximum absolute atomic E-state index is 12.4. The van der Waals surface area contributed by atoms with Gasteiger partial charge in [-0.2, -0.15) is 0 Å². The number of aromatic nitrogens is 1. The first kappa shape index (κ1) is 24.0. The van der Waals surface area contributed by atoms with Crippen molar-refractivity contribution < 1.29 is 4.79 Å². The number of hydrogen-bond donors (Lipinski definition) is 0. The first-order chi connectivity index (χ1) is 16.6. The van der Waals surface area contributed by atoms with Crippen LogP contribution in [-0.2, 0) is 4.79 Å². The fourth-order valence-corrected chi connectivity index (χ4v) is 4.70. The molecule has 5 heteroatoms. The molecule has 1 aromatic heterocycles. The second kappa shape index (κ2) is 11.8. The lowest BCUT2D eigenvalue weighted by Gasteiger charge is -2.37. The second-order valence-electron chi connectivity index (χ2n) is 9.11. The van der Waals surface area contributed by atoms with Crippen LogP contribution in [0.2, 0.25) is 0 Å². The zero-order valence-electron chi connectivity index (χ0n) is 20.5. The average molecular weight is 457 g/mol. The third-order valence-corrected chi connectivity index (χ3v) is 6.78. The summed E-state index contributed by atoms with van der Waals surface area (Å²) in [6, 6.07) is 23.1. The summed E-state index contributed by atoms with van der Waals surface area (Å²) in [7, 11) is 1.81. The van der Waals surface area contributed by atoms with Gasteiger partial charge >= 0.3 is 0 Å². The van der Waals surface area contributed by atoms with Crippen LogP contribution in [0.3, 0.4) is 0 Å². The van der Waals surface area contributed by atoms with E-state index in [1.54, 1.807) is 18.1 Å². The highest BCUT2D eigenvalue weighted by atomic mass is 16.2. The van der Waals surface area contributed by atoms with Crippen LogP contribution in [0.5, 0.6) is 0 Å². The van der Waals surface area contributed by atoms with E-state index in [-0.39, 0.29) is 5.91 Å². The smallest absolute Gasteiger partial charge is 0.227 e. The van der Waals surface area contributed by atoms with E-state index in [1.807, 2.05) is 18.2 Å². The minimum atomic E-state index is 0.139. The largest absolute Gasteiger partial charge is 0.368 e. The Morgan fingerprint density at radius 1 is 0.853 bits per heavy atom. The minimum absolute atomic E-state index is 0.139. The number of carbonyl (C=O) groups excluding carboxylic acids is 1. The van der Waals surface area contributed by atoms with E-state index >= 15 is 0 Å². The van der Waals surface area contributed by atoms with E-state index in [0.717, 1.165) is 57.8 Å². The van der Waals surface area contributed by atoms with E-state index in [2.05, 4.69) is 70.2 Å². The number of para-hydroxylation sites is 1. The Bertz CT molecular complexity index is 1060. The van der Waals surface area contributed by atoms with Crippen LogP contribution in [0.15, 0.2) is 72.9 Å². The molecule has 0 bridgehead atoms. The fourth-order valence-electron chi connectivity index (χ4n) is 4.70. The molecule has 1 fully saturated rings. The van der Waals surface area contributed by atoms with Gasteiger partial charge in [-0.05, 0) is 55.6 Å². The molecular formula is C29H36N4O. The Hall–Kier alpha value is -3.18. The Balaban J connectivity index is 1.20. The van der Waals surface area contributed by atoms with Crippen LogP contribution in [0.25, 0.3) is 11.1 Å². The predicted molar refractivity (Wildman–Crippen MR) is 141 cm³/mol. The van der Waals surface area contributed by atoms with Gasteiger partial charge in [-0.3, -0.25) is 14.6 Å². The average Bonchev–Trinajstić information content (AvgIpc) is 2.89. The molecule has 3 aromatic rings. The summed E-state index contributed by atoms with van der Waals surface area (Å²) in [4.78, 5) is 23.4. The van der Waals surface area contributed by atoms with E-state index in [4.69, 9.17) is 0 Å². The van der Waals surface area contributed by atoms with Gasteiger partial charge in [0.1, 0.15) is 5.82 Å². The fraction of sp³-hybridized carbons (Fsp3) is 0.379. The number of amides is 1. The summed E-state index contributed by atoms with van der Waals surface area (Å²) in [5, 5.41) is 0. The van der Waals surface area contributed by atoms with Crippen LogP contribution in [0, 0.1) is 6.92 Å². The molecule has 1 amide bonds. The summed E-state index contributed by atoms with van der Waals surface area (Å²) in [5.41, 5.74) is 5.31. The van der Waals surface area contributed by atoms with Crippen LogP contribution >= 0.6 is 0 Å². The molecule has 0 spiro atoms. The van der Waals surface area contributed by atoms with Crippen molar-refractivity contribution in [3.63, 3.8) is 0 Å². The summed E-state index contributed by atoms with van der Waals surface area (Å²) in [5.74, 6) is 0.856. The van der Waals surface area contributed by atoms with Gasteiger partial charge in [-0.1, -0.05) is 55.0 Å². The molecule has 178 valence electrons. The number of pyridine rings is 1. The van der Waals surface area contributed by atoms with E-state index in [9.17, 15) is 4.79 Å². The van der Waals surface area contributed by atoms with E-state index in [1.165, 1.54) is 22.4 Å². The first-order valence-electron chi connectivity index (χ1n) is 12.4. The molecule has 34 heavy (non-hydrogen) atoms. The third-order valence-electron chi connectivity index (χ3n) is 6.78. The molecule has 1 saturated heterocycles. The lowest BCUT2D eigenvalue weighted by molar-refractivity contribution is -0.118. The van der Waals surface area contributed by atoms with Crippen LogP contribution in [-0.4, -0.2) is 55.6 Å². The Morgan fingerprint density at radius 2 is 1.56 bits per heavy atom. The summed E-state index contributed by atoms with van der Waals surface area (Å²) < 4.78 is 0. The Labute approximate surface area is 204 Å². The highest BCUT2D eigenvalue weighted by Crippen LogP contribution is 2.33. The molecule has 1 aliphatic rings. The van der Waals surface area contributed by atoms with Gasteiger partial charge in [0.25, 0.3) is 0 Å². The topological polar surface area (TPSA) is 39.7 Å². The normalized spacial score (nSPS) is 14.2. The number of piperazine rings is 1. The van der Waals surface area contributed by atoms with Gasteiger partial charge in [0.05, 0.1) is 0 Å². The van der Waals surface area contributed by atoms with Gasteiger partial charge in [0.2, 0.25) is 5.91 Å². The zero-order chi connectivity index (χ0) is 23.8. The monoisotopic (exact) mass is 456 g/mol. The molecule has 0 atom stereocenters. The van der Waals surface area contributed by atoms with E-state index < -0.39 is 0 Å². The van der Waals surface area contributed by atoms with E-state index in [0.29, 0.717) is 6.42 Å². The predicted octanol–water partition coefficient (Wildman–Crippen LogP) is 5.40. The van der Waals surface area contributed by atoms with Gasteiger partial charge in [0.15, 0.2) is 0 Å². The van der Waals surface area contributed by atoms with Gasteiger partial charge in [0, 0.05) is 57.1 Å². The van der Waals surface area contributed by atoms with Crippen molar-refractivity contribution >= 4 is 17.4 Å². The lowest BCUT2D eigenvalue weighted by atomic mass is 9.98. The van der Waals surface area contributed by atoms with Gasteiger partial charge in [-0.25, -0.2) is 4.98 Å². The molecule has 2 aromatic carbocycles. The molecule has 5 nitrogen and oxygen atoms in total. The molecule has 0 saturated carbocycles. The molecule has 2 heterocycles. The van der Waals surface area contributed by atoms with Gasteiger partial charge < -0.3 is 4.90 Å². The molecule has 0 radical (unpaired) electrons. The number of nitrogens with zero attached hydrogens (tertiary/aromatic N) is 4. The lowest BCUT2D eigenvalue weighted by Crippen LogP contribution is -2.46. The molecular weight excluding hydrogens is 420 g/mol. The molecule has 4 rings (SSSR count). The molecule has 0 N–H and O–H groups in total. The number of aryl methyl sites for hydroxylation is 1. The zero-order valence-corrected chi connectivity index (χ0v) is 20.5. The minimum Gasteiger partial charge on any atom is -0.368 e. The van der Waals surface area contributed by atoms with Crippen LogP contribution in [0.4, 0.5) is 11.5 Å². The molecule has 0 aliphatic carbocycles. The van der Waals surface area contributed by atoms with Crippen molar-refractivity contribution in [2.24, 2.45) is 0 Å². The molecule has 0 unspecified atom stereocenters. The number of unbranched alkanes of at least 4 members (excludes halogenated alkanes) is 2. The summed E-state index contributed by atoms with van der Waals surface area (Å²) in [6.07, 6.45) is 5.45. The third kappa shape index (κ3) is 6.03. The summed E-state index contributed by atoms with van der Waals surface area (Å²) >= 11 is 0. The van der Waals surface area contributed by atoms with Crippen LogP contribution in [0.1, 0.15) is 31.2 Å². The Morgan fingerprint density at radius 3 is 2.29 bits per heavy atom. The highest BCUT2D eigenvalue weighted by Gasteiger charge is 2.20. The number of rotatable bonds is 9. The number of hydrogen-bond acceptors (Lipinski definition) is 4. The highest BCUT2D eigenvalue weighted by molar-refractivity contribution is 5.91. The second-order valence-corrected chi connectivity index (χ2v) is 9.11. The quantitative estimate of drug-likeness (QED) is 0.404. The van der Waals surface area contributed by atoms with Crippen LogP contribution < -0.4 is 9.80 Å². The van der Waals surface area contributed by atoms with Gasteiger partial charge in [-0.15, -0.1) is 0 Å². The molecule has 1 aliphatic heterocycles. The van der Waals surface area contributed by atoms with Crippen molar-refractivity contribution in [1.29, 1.82) is 0 Å². The number of carbonyl (C=O) groups is 1. The maximum Gasteiger partial charge on any atom is 0.227 e. The van der Waals surface area contributed by atoms with Crippen molar-refractivity contribution in [2.75, 3.05) is 49.6 Å². The SMILES string of the molecule is Cc1ccccc1-c1ccccc1N1CCN(CCCCCC(=O)N(C)c2ccccn2)CC1. The van der Waals surface area contributed by atoms with Crippen molar-refractivity contribution in [2.45, 2.75) is 32.6 Å². The number of benzene rings is 2. The number of anilines is 2. The van der Waals surface area contributed by atoms with Crippen molar-refractivity contribution in [3.05, 3.63) is 78.5 Å².